The van der Waals surface area contributed by atoms with E-state index in [1.54, 1.807) is 0 Å². The van der Waals surface area contributed by atoms with Crippen molar-refractivity contribution in [2.24, 2.45) is 0 Å². The number of para-hydroxylation sites is 2. The van der Waals surface area contributed by atoms with E-state index in [2.05, 4.69) is 17.2 Å². The quantitative estimate of drug-likeness (QED) is 0.742. The molecule has 2 aliphatic rings. The maximum atomic E-state index is 5.93. The summed E-state index contributed by atoms with van der Waals surface area (Å²) in [5.41, 5.74) is 3.25. The van der Waals surface area contributed by atoms with E-state index in [4.69, 9.17) is 9.47 Å². The number of nitrogens with zero attached hydrogens (tertiary/aromatic N) is 2. The van der Waals surface area contributed by atoms with Gasteiger partial charge in [-0.05, 0) is 24.3 Å². The molecule has 4 rings (SSSR count). The van der Waals surface area contributed by atoms with Crippen molar-refractivity contribution in [1.82, 2.24) is 0 Å². The van der Waals surface area contributed by atoms with E-state index in [-0.39, 0.29) is 0 Å². The summed E-state index contributed by atoms with van der Waals surface area (Å²) in [7, 11) is 4.06. The molecular weight excluding hydrogens is 252 g/mol. The van der Waals surface area contributed by atoms with Gasteiger partial charge in [0.05, 0.1) is 5.56 Å². The second kappa shape index (κ2) is 4.00. The second-order valence-electron chi connectivity index (χ2n) is 5.16. The normalized spacial score (nSPS) is 18.1. The predicted octanol–water partition coefficient (Wildman–Crippen LogP) is 2.58. The van der Waals surface area contributed by atoms with Crippen LogP contribution in [0.3, 0.4) is 0 Å². The van der Waals surface area contributed by atoms with Crippen LogP contribution in [-0.4, -0.2) is 31.3 Å². The van der Waals surface area contributed by atoms with Gasteiger partial charge in [0, 0.05) is 25.8 Å². The van der Waals surface area contributed by atoms with E-state index in [1.807, 2.05) is 55.1 Å². The third-order valence-electron chi connectivity index (χ3n) is 3.61. The van der Waals surface area contributed by atoms with E-state index in [0.717, 1.165) is 28.4 Å². The lowest BCUT2D eigenvalue weighted by Crippen LogP contribution is -2.33. The van der Waals surface area contributed by atoms with Crippen LogP contribution in [0.15, 0.2) is 42.5 Å². The molecule has 2 aromatic rings. The van der Waals surface area contributed by atoms with Gasteiger partial charge in [-0.15, -0.1) is 4.58 Å². The Kier molecular flexibility index (Phi) is 2.27. The minimum Gasteiger partial charge on any atom is -0.401 e. The first-order valence-electron chi connectivity index (χ1n) is 6.59. The Labute approximate surface area is 117 Å². The maximum Gasteiger partial charge on any atom is 0.468 e. The number of hydrogen-bond acceptors (Lipinski definition) is 3. The molecule has 0 amide bonds. The first kappa shape index (κ1) is 11.3. The van der Waals surface area contributed by atoms with Crippen LogP contribution in [0.25, 0.3) is 0 Å². The SMILES string of the molecule is CN(C)c1ccc2c(c1)C=[N+]1c3ccccc3OC1O2. The van der Waals surface area contributed by atoms with Crippen LogP contribution in [0.5, 0.6) is 11.5 Å². The molecule has 0 aromatic heterocycles. The fourth-order valence-electron chi connectivity index (χ4n) is 2.54. The lowest BCUT2D eigenvalue weighted by molar-refractivity contribution is -0.555. The highest BCUT2D eigenvalue weighted by Gasteiger charge is 2.41. The van der Waals surface area contributed by atoms with Crippen molar-refractivity contribution in [2.75, 3.05) is 19.0 Å². The number of anilines is 1. The summed E-state index contributed by atoms with van der Waals surface area (Å²) in [6, 6.07) is 14.1. The fourth-order valence-corrected chi connectivity index (χ4v) is 2.54. The summed E-state index contributed by atoms with van der Waals surface area (Å²) in [5.74, 6) is 1.71. The summed E-state index contributed by atoms with van der Waals surface area (Å²) >= 11 is 0. The molecule has 1 atom stereocenters. The van der Waals surface area contributed by atoms with Gasteiger partial charge in [0.25, 0.3) is 5.69 Å². The zero-order chi connectivity index (χ0) is 13.7. The zero-order valence-corrected chi connectivity index (χ0v) is 11.4. The van der Waals surface area contributed by atoms with Gasteiger partial charge in [0.2, 0.25) is 5.75 Å². The van der Waals surface area contributed by atoms with Crippen molar-refractivity contribution in [3.63, 3.8) is 0 Å². The molecule has 2 heterocycles. The smallest absolute Gasteiger partial charge is 0.401 e. The molecular formula is C16H15N2O2+. The summed E-state index contributed by atoms with van der Waals surface area (Å²) in [5, 5.41) is 0. The number of rotatable bonds is 1. The molecule has 2 aromatic carbocycles. The van der Waals surface area contributed by atoms with E-state index in [1.165, 1.54) is 0 Å². The molecule has 0 N–H and O–H groups in total. The summed E-state index contributed by atoms with van der Waals surface area (Å²) < 4.78 is 13.8. The van der Waals surface area contributed by atoms with Crippen LogP contribution in [0, 0.1) is 0 Å². The molecule has 4 nitrogen and oxygen atoms in total. The van der Waals surface area contributed by atoms with Gasteiger partial charge >= 0.3 is 6.41 Å². The molecule has 0 saturated heterocycles. The summed E-state index contributed by atoms with van der Waals surface area (Å²) in [6.07, 6.45) is 1.69. The number of fused-ring (bicyclic) bond motifs is 4. The summed E-state index contributed by atoms with van der Waals surface area (Å²) in [6.45, 7) is 0. The highest BCUT2D eigenvalue weighted by atomic mass is 16.7. The van der Waals surface area contributed by atoms with Gasteiger partial charge in [-0.3, -0.25) is 0 Å². The number of benzene rings is 2. The summed E-state index contributed by atoms with van der Waals surface area (Å²) in [4.78, 5) is 2.08. The highest BCUT2D eigenvalue weighted by Crippen LogP contribution is 2.39. The molecule has 2 aliphatic heterocycles. The van der Waals surface area contributed by atoms with Crippen molar-refractivity contribution in [1.29, 1.82) is 0 Å². The average molecular weight is 267 g/mol. The molecule has 0 radical (unpaired) electrons. The van der Waals surface area contributed by atoms with E-state index in [9.17, 15) is 0 Å². The lowest BCUT2D eigenvalue weighted by atomic mass is 10.1. The number of ether oxygens (including phenoxy) is 2. The lowest BCUT2D eigenvalue weighted by Gasteiger charge is -2.18. The van der Waals surface area contributed by atoms with Crippen molar-refractivity contribution in [3.05, 3.63) is 48.0 Å². The Morgan fingerprint density at radius 2 is 1.80 bits per heavy atom. The molecule has 0 aliphatic carbocycles. The number of hydrogen-bond donors (Lipinski definition) is 0. The van der Waals surface area contributed by atoms with Crippen LogP contribution in [-0.2, 0) is 0 Å². The second-order valence-corrected chi connectivity index (χ2v) is 5.16. The molecule has 100 valence electrons. The molecule has 0 spiro atoms. The average Bonchev–Trinajstić information content (AvgIpc) is 2.81. The van der Waals surface area contributed by atoms with Gasteiger partial charge in [0.1, 0.15) is 5.75 Å². The van der Waals surface area contributed by atoms with E-state index >= 15 is 0 Å². The molecule has 20 heavy (non-hydrogen) atoms. The molecule has 0 fully saturated rings. The van der Waals surface area contributed by atoms with Crippen LogP contribution in [0.1, 0.15) is 5.56 Å². The van der Waals surface area contributed by atoms with Gasteiger partial charge in [-0.1, -0.05) is 12.1 Å². The standard InChI is InChI=1S/C16H15N2O2/c1-17(2)12-7-8-14-11(9-12)10-18-13-5-3-4-6-15(13)20-16(18)19-14/h3-10,16H,1-2H3/q+1. The maximum absolute atomic E-state index is 5.93. The minimum absolute atomic E-state index is 0.398. The van der Waals surface area contributed by atoms with Crippen LogP contribution < -0.4 is 14.4 Å². The Bertz CT molecular complexity index is 722. The first-order valence-corrected chi connectivity index (χ1v) is 6.59. The molecule has 4 heteroatoms. The van der Waals surface area contributed by atoms with Gasteiger partial charge in [0.15, 0.2) is 6.21 Å². The van der Waals surface area contributed by atoms with Gasteiger partial charge in [-0.25, -0.2) is 0 Å². The molecule has 1 unspecified atom stereocenters. The highest BCUT2D eigenvalue weighted by molar-refractivity contribution is 5.84. The Morgan fingerprint density at radius 3 is 2.65 bits per heavy atom. The Hall–Kier alpha value is -2.49. The zero-order valence-electron chi connectivity index (χ0n) is 11.4. The third-order valence-corrected chi connectivity index (χ3v) is 3.61. The van der Waals surface area contributed by atoms with Crippen LogP contribution in [0.4, 0.5) is 11.4 Å². The topological polar surface area (TPSA) is 24.7 Å². The third kappa shape index (κ3) is 1.58. The Morgan fingerprint density at radius 1 is 1.00 bits per heavy atom. The molecule has 0 bridgehead atoms. The van der Waals surface area contributed by atoms with Gasteiger partial charge < -0.3 is 14.4 Å². The van der Waals surface area contributed by atoms with E-state index < -0.39 is 6.41 Å². The van der Waals surface area contributed by atoms with E-state index in [0.29, 0.717) is 0 Å². The predicted molar refractivity (Wildman–Crippen MR) is 77.3 cm³/mol. The fraction of sp³-hybridized carbons (Fsp3) is 0.188. The molecule has 0 saturated carbocycles. The monoisotopic (exact) mass is 267 g/mol. The van der Waals surface area contributed by atoms with Gasteiger partial charge in [-0.2, -0.15) is 0 Å². The van der Waals surface area contributed by atoms with Crippen LogP contribution in [0.2, 0.25) is 0 Å². The van der Waals surface area contributed by atoms with Crippen molar-refractivity contribution >= 4 is 17.6 Å². The first-order chi connectivity index (χ1) is 9.72. The van der Waals surface area contributed by atoms with Crippen molar-refractivity contribution < 1.29 is 14.0 Å². The minimum atomic E-state index is -0.398. The van der Waals surface area contributed by atoms with Crippen molar-refractivity contribution in [3.8, 4) is 11.5 Å². The van der Waals surface area contributed by atoms with Crippen molar-refractivity contribution in [2.45, 2.75) is 6.41 Å². The van der Waals surface area contributed by atoms with Crippen LogP contribution >= 0.6 is 0 Å². The largest absolute Gasteiger partial charge is 0.468 e. The Balaban J connectivity index is 1.84.